The number of carbonyl (C=O) groups excluding carboxylic acids is 1. The Labute approximate surface area is 166 Å². The van der Waals surface area contributed by atoms with Crippen molar-refractivity contribution in [3.63, 3.8) is 0 Å². The maximum atomic E-state index is 11.6. The van der Waals surface area contributed by atoms with E-state index in [1.54, 1.807) is 12.1 Å². The minimum atomic E-state index is -0.268. The van der Waals surface area contributed by atoms with Crippen molar-refractivity contribution in [1.82, 2.24) is 0 Å². The fraction of sp³-hybridized carbons (Fsp3) is 0.625. The van der Waals surface area contributed by atoms with Crippen molar-refractivity contribution < 1.29 is 9.53 Å². The van der Waals surface area contributed by atoms with E-state index in [0.29, 0.717) is 12.2 Å². The molecule has 3 heteroatoms. The minimum absolute atomic E-state index is 0.268. The summed E-state index contributed by atoms with van der Waals surface area (Å²) in [6, 6.07) is 7.38. The Morgan fingerprint density at radius 3 is 1.96 bits per heavy atom. The van der Waals surface area contributed by atoms with E-state index < -0.39 is 0 Å². The lowest BCUT2D eigenvalue weighted by Gasteiger charge is -2.04. The number of unbranched alkanes of at least 4 members (excludes halogenated alkanes) is 11. The van der Waals surface area contributed by atoms with Crippen LogP contribution in [-0.2, 0) is 4.74 Å². The van der Waals surface area contributed by atoms with Gasteiger partial charge in [0.15, 0.2) is 0 Å². The topological polar surface area (TPSA) is 38.3 Å². The van der Waals surface area contributed by atoms with Crippen LogP contribution in [0.2, 0.25) is 0 Å². The van der Waals surface area contributed by atoms with Crippen LogP contribution in [0, 0.1) is 0 Å². The Hall–Kier alpha value is -1.77. The van der Waals surface area contributed by atoms with E-state index in [0.717, 1.165) is 12.1 Å². The van der Waals surface area contributed by atoms with E-state index in [4.69, 9.17) is 4.74 Å². The van der Waals surface area contributed by atoms with Crippen LogP contribution in [0.15, 0.2) is 36.5 Å². The summed E-state index contributed by atoms with van der Waals surface area (Å²) in [6.07, 6.45) is 20.5. The Morgan fingerprint density at radius 2 is 1.41 bits per heavy atom. The van der Waals surface area contributed by atoms with E-state index in [1.165, 1.54) is 70.6 Å². The number of carbonyl (C=O) groups is 1. The molecular formula is C24H39NO2. The molecule has 1 aromatic carbocycles. The molecule has 0 spiro atoms. The monoisotopic (exact) mass is 373 g/mol. The molecule has 152 valence electrons. The molecule has 0 saturated carbocycles. The van der Waals surface area contributed by atoms with Crippen LogP contribution < -0.4 is 5.32 Å². The second-order valence-electron chi connectivity index (χ2n) is 7.17. The normalized spacial score (nSPS) is 11.0. The summed E-state index contributed by atoms with van der Waals surface area (Å²) in [7, 11) is 0. The number of anilines is 1. The largest absolute Gasteiger partial charge is 0.462 e. The quantitative estimate of drug-likeness (QED) is 0.241. The van der Waals surface area contributed by atoms with E-state index in [1.807, 2.05) is 25.3 Å². The lowest BCUT2D eigenvalue weighted by atomic mass is 10.1. The van der Waals surface area contributed by atoms with Crippen molar-refractivity contribution in [3.05, 3.63) is 42.1 Å². The molecule has 0 fully saturated rings. The van der Waals surface area contributed by atoms with Gasteiger partial charge in [0.25, 0.3) is 0 Å². The van der Waals surface area contributed by atoms with Gasteiger partial charge in [-0.1, -0.05) is 77.2 Å². The van der Waals surface area contributed by atoms with Gasteiger partial charge in [0, 0.05) is 5.69 Å². The first-order valence-electron chi connectivity index (χ1n) is 11.0. The van der Waals surface area contributed by atoms with Crippen LogP contribution in [0.4, 0.5) is 5.69 Å². The third kappa shape index (κ3) is 12.3. The average molecular weight is 374 g/mol. The van der Waals surface area contributed by atoms with Crippen molar-refractivity contribution >= 4 is 11.7 Å². The fourth-order valence-electron chi connectivity index (χ4n) is 3.08. The highest BCUT2D eigenvalue weighted by atomic mass is 16.5. The molecule has 27 heavy (non-hydrogen) atoms. The van der Waals surface area contributed by atoms with E-state index in [9.17, 15) is 4.79 Å². The molecular weight excluding hydrogens is 334 g/mol. The molecule has 1 aromatic rings. The summed E-state index contributed by atoms with van der Waals surface area (Å²) in [5.41, 5.74) is 1.57. The highest BCUT2D eigenvalue weighted by molar-refractivity contribution is 5.89. The van der Waals surface area contributed by atoms with Gasteiger partial charge in [-0.2, -0.15) is 0 Å². The van der Waals surface area contributed by atoms with Gasteiger partial charge >= 0.3 is 5.97 Å². The number of hydrogen-bond acceptors (Lipinski definition) is 3. The van der Waals surface area contributed by atoms with Crippen molar-refractivity contribution in [2.75, 3.05) is 11.9 Å². The second kappa shape index (κ2) is 16.4. The molecule has 0 saturated heterocycles. The van der Waals surface area contributed by atoms with E-state index >= 15 is 0 Å². The third-order valence-electron chi connectivity index (χ3n) is 4.74. The van der Waals surface area contributed by atoms with Gasteiger partial charge < -0.3 is 10.1 Å². The Balaban J connectivity index is 1.98. The van der Waals surface area contributed by atoms with E-state index in [2.05, 4.69) is 18.3 Å². The van der Waals surface area contributed by atoms with Crippen LogP contribution in [0.1, 0.15) is 101 Å². The average Bonchev–Trinajstić information content (AvgIpc) is 2.69. The molecule has 0 atom stereocenters. The number of allylic oxidation sites excluding steroid dienone is 1. The zero-order valence-corrected chi connectivity index (χ0v) is 17.5. The lowest BCUT2D eigenvalue weighted by Crippen LogP contribution is -2.04. The van der Waals surface area contributed by atoms with Gasteiger partial charge in [0.1, 0.15) is 0 Å². The van der Waals surface area contributed by atoms with Crippen molar-refractivity contribution in [2.45, 2.75) is 90.9 Å². The summed E-state index contributed by atoms with van der Waals surface area (Å²) in [5.74, 6) is -0.268. The van der Waals surface area contributed by atoms with Crippen molar-refractivity contribution in [1.29, 1.82) is 0 Å². The van der Waals surface area contributed by atoms with Gasteiger partial charge in [-0.05, 0) is 50.2 Å². The predicted molar refractivity (Wildman–Crippen MR) is 116 cm³/mol. The molecule has 0 radical (unpaired) electrons. The smallest absolute Gasteiger partial charge is 0.338 e. The number of ether oxygens (including phenoxy) is 1. The lowest BCUT2D eigenvalue weighted by molar-refractivity contribution is 0.0526. The summed E-state index contributed by atoms with van der Waals surface area (Å²) in [5, 5.41) is 3.25. The summed E-state index contributed by atoms with van der Waals surface area (Å²) >= 11 is 0. The number of nitrogens with one attached hydrogen (secondary N) is 1. The molecule has 0 bridgehead atoms. The van der Waals surface area contributed by atoms with Crippen LogP contribution in [0.3, 0.4) is 0 Å². The molecule has 0 aliphatic heterocycles. The first-order valence-corrected chi connectivity index (χ1v) is 11.0. The van der Waals surface area contributed by atoms with E-state index in [-0.39, 0.29) is 5.97 Å². The van der Waals surface area contributed by atoms with Gasteiger partial charge in [-0.25, -0.2) is 4.79 Å². The van der Waals surface area contributed by atoms with Crippen molar-refractivity contribution in [3.8, 4) is 0 Å². The highest BCUT2D eigenvalue weighted by Crippen LogP contribution is 2.13. The maximum absolute atomic E-state index is 11.6. The Bertz CT molecular complexity index is 508. The summed E-state index contributed by atoms with van der Waals surface area (Å²) in [6.45, 7) is 4.49. The third-order valence-corrected chi connectivity index (χ3v) is 4.74. The molecule has 3 nitrogen and oxygen atoms in total. The molecule has 1 N–H and O–H groups in total. The molecule has 0 amide bonds. The number of hydrogen-bond donors (Lipinski definition) is 1. The van der Waals surface area contributed by atoms with Gasteiger partial charge in [-0.3, -0.25) is 0 Å². The minimum Gasteiger partial charge on any atom is -0.462 e. The van der Waals surface area contributed by atoms with Crippen LogP contribution in [0.25, 0.3) is 0 Å². The summed E-state index contributed by atoms with van der Waals surface area (Å²) < 4.78 is 4.98. The fourth-order valence-corrected chi connectivity index (χ4v) is 3.08. The first-order chi connectivity index (χ1) is 13.3. The SMILES string of the molecule is CCCCCCCCCCCCC/C=C/Nc1ccc(C(=O)OCC)cc1. The standard InChI is InChI=1S/C24H39NO2/c1-3-5-6-7-8-9-10-11-12-13-14-15-16-21-25-23-19-17-22(18-20-23)24(26)27-4-2/h16-21,25H,3-15H2,1-2H3/b21-16+. The van der Waals surface area contributed by atoms with Crippen molar-refractivity contribution in [2.24, 2.45) is 0 Å². The molecule has 0 aromatic heterocycles. The number of esters is 1. The molecule has 1 rings (SSSR count). The predicted octanol–water partition coefficient (Wildman–Crippen LogP) is 7.49. The van der Waals surface area contributed by atoms with Crippen LogP contribution in [0.5, 0.6) is 0 Å². The zero-order valence-electron chi connectivity index (χ0n) is 17.5. The highest BCUT2D eigenvalue weighted by Gasteiger charge is 2.04. The molecule has 0 aliphatic carbocycles. The van der Waals surface area contributed by atoms with Crippen LogP contribution >= 0.6 is 0 Å². The number of rotatable bonds is 16. The maximum Gasteiger partial charge on any atom is 0.338 e. The van der Waals surface area contributed by atoms with Gasteiger partial charge in [0.05, 0.1) is 12.2 Å². The Kier molecular flexibility index (Phi) is 14.1. The number of benzene rings is 1. The second-order valence-corrected chi connectivity index (χ2v) is 7.17. The first kappa shape index (κ1) is 23.3. The molecule has 0 heterocycles. The molecule has 0 aliphatic rings. The van der Waals surface area contributed by atoms with Gasteiger partial charge in [-0.15, -0.1) is 0 Å². The summed E-state index contributed by atoms with van der Waals surface area (Å²) in [4.78, 5) is 11.6. The Morgan fingerprint density at radius 1 is 0.852 bits per heavy atom. The van der Waals surface area contributed by atoms with Gasteiger partial charge in [0.2, 0.25) is 0 Å². The molecule has 0 unspecified atom stereocenters. The zero-order chi connectivity index (χ0) is 19.6. The van der Waals surface area contributed by atoms with Crippen LogP contribution in [-0.4, -0.2) is 12.6 Å².